The van der Waals surface area contributed by atoms with E-state index in [-0.39, 0.29) is 22.1 Å². The molecule has 3 aromatic rings. The van der Waals surface area contributed by atoms with Gasteiger partial charge in [0.25, 0.3) is 0 Å². The van der Waals surface area contributed by atoms with Crippen LogP contribution in [0.3, 0.4) is 0 Å². The van der Waals surface area contributed by atoms with Gasteiger partial charge in [0.1, 0.15) is 6.33 Å². The Balaban J connectivity index is 0.000000179. The van der Waals surface area contributed by atoms with E-state index in [0.717, 1.165) is 0 Å². The zero-order valence-electron chi connectivity index (χ0n) is 12.1. The normalized spacial score (nSPS) is 11.9. The van der Waals surface area contributed by atoms with Crippen molar-refractivity contribution in [3.8, 4) is 0 Å². The average Bonchev–Trinajstić information content (AvgIpc) is 2.60. The average molecular weight is 358 g/mol. The number of halogens is 2. The van der Waals surface area contributed by atoms with Crippen LogP contribution in [0.4, 0.5) is 0 Å². The van der Waals surface area contributed by atoms with Crippen molar-refractivity contribution in [2.75, 3.05) is 0 Å². The molecule has 0 fully saturated rings. The van der Waals surface area contributed by atoms with Crippen LogP contribution < -0.4 is 0 Å². The van der Waals surface area contributed by atoms with E-state index in [0.29, 0.717) is 22.3 Å². The van der Waals surface area contributed by atoms with E-state index in [1.807, 2.05) is 0 Å². The highest BCUT2D eigenvalue weighted by molar-refractivity contribution is 6.31. The van der Waals surface area contributed by atoms with Gasteiger partial charge in [-0.3, -0.25) is 9.59 Å². The summed E-state index contributed by atoms with van der Waals surface area (Å²) in [5.41, 5.74) is 2.02. The molecule has 4 rings (SSSR count). The van der Waals surface area contributed by atoms with E-state index in [1.54, 1.807) is 48.5 Å². The summed E-state index contributed by atoms with van der Waals surface area (Å²) in [6.45, 7) is 0. The predicted molar refractivity (Wildman–Crippen MR) is 89.6 cm³/mol. The molecule has 1 aliphatic carbocycles. The Labute approximate surface area is 147 Å². The molecule has 0 saturated heterocycles. The zero-order valence-corrected chi connectivity index (χ0v) is 13.6. The lowest BCUT2D eigenvalue weighted by Gasteiger charge is -2.16. The second-order valence-corrected chi connectivity index (χ2v) is 5.45. The van der Waals surface area contributed by atoms with Crippen molar-refractivity contribution in [3.63, 3.8) is 0 Å². The maximum absolute atomic E-state index is 12.1. The van der Waals surface area contributed by atoms with Gasteiger partial charge >= 0.3 is 0 Å². The Hall–Kier alpha value is -2.63. The lowest BCUT2D eigenvalue weighted by molar-refractivity contribution is 0.0979. The number of ketones is 2. The van der Waals surface area contributed by atoms with E-state index in [4.69, 9.17) is 23.2 Å². The first-order chi connectivity index (χ1) is 11.6. The number of fused-ring (bicyclic) bond motifs is 2. The van der Waals surface area contributed by atoms with Crippen LogP contribution in [0.25, 0.3) is 0 Å². The molecule has 0 radical (unpaired) electrons. The summed E-state index contributed by atoms with van der Waals surface area (Å²) in [5, 5.41) is 0.231. The number of carbonyl (C=O) groups excluding carboxylic acids is 2. The Kier molecular flexibility index (Phi) is 4.64. The molecule has 0 atom stereocenters. The summed E-state index contributed by atoms with van der Waals surface area (Å²) >= 11 is 10.6. The minimum absolute atomic E-state index is 0.0641. The molecule has 0 saturated carbocycles. The maximum atomic E-state index is 12.1. The summed E-state index contributed by atoms with van der Waals surface area (Å²) in [6.07, 6.45) is 1.25. The molecule has 24 heavy (non-hydrogen) atoms. The molecular weight excluding hydrogens is 349 g/mol. The Morgan fingerprint density at radius 1 is 0.625 bits per heavy atom. The molecular formula is C17H9Cl2N3O2. The van der Waals surface area contributed by atoms with Crippen LogP contribution in [0.2, 0.25) is 10.6 Å². The molecule has 0 amide bonds. The topological polar surface area (TPSA) is 72.8 Å². The Bertz CT molecular complexity index is 822. The number of carbonyl (C=O) groups is 2. The first kappa shape index (κ1) is 16.2. The van der Waals surface area contributed by atoms with Crippen molar-refractivity contribution in [2.24, 2.45) is 0 Å². The van der Waals surface area contributed by atoms with Crippen LogP contribution in [0.5, 0.6) is 0 Å². The summed E-state index contributed by atoms with van der Waals surface area (Å²) in [5.74, 6) is -0.128. The van der Waals surface area contributed by atoms with Gasteiger partial charge in [-0.15, -0.1) is 0 Å². The SMILES string of the molecule is Clc1ncnc(Cl)n1.O=C1c2ccccc2C(=O)c2ccccc21. The first-order valence-electron chi connectivity index (χ1n) is 6.85. The Morgan fingerprint density at radius 3 is 1.21 bits per heavy atom. The summed E-state index contributed by atoms with van der Waals surface area (Å²) in [6, 6.07) is 13.9. The molecule has 118 valence electrons. The van der Waals surface area contributed by atoms with E-state index >= 15 is 0 Å². The van der Waals surface area contributed by atoms with E-state index < -0.39 is 0 Å². The number of hydrogen-bond donors (Lipinski definition) is 0. The van der Waals surface area contributed by atoms with Gasteiger partial charge in [0.2, 0.25) is 10.6 Å². The van der Waals surface area contributed by atoms with Gasteiger partial charge in [0, 0.05) is 22.3 Å². The predicted octanol–water partition coefficient (Wildman–Crippen LogP) is 3.64. The van der Waals surface area contributed by atoms with Gasteiger partial charge in [0.05, 0.1) is 0 Å². The fourth-order valence-corrected chi connectivity index (χ4v) is 2.60. The van der Waals surface area contributed by atoms with Gasteiger partial charge < -0.3 is 0 Å². The van der Waals surface area contributed by atoms with Crippen molar-refractivity contribution in [3.05, 3.63) is 87.7 Å². The van der Waals surface area contributed by atoms with Crippen LogP contribution in [0, 0.1) is 0 Å². The van der Waals surface area contributed by atoms with Gasteiger partial charge in [-0.1, -0.05) is 48.5 Å². The van der Waals surface area contributed by atoms with Crippen LogP contribution in [0.15, 0.2) is 54.9 Å². The molecule has 1 heterocycles. The smallest absolute Gasteiger partial charge is 0.226 e. The van der Waals surface area contributed by atoms with Gasteiger partial charge in [-0.05, 0) is 23.2 Å². The number of hydrogen-bond acceptors (Lipinski definition) is 5. The molecule has 7 heteroatoms. The number of nitrogens with zero attached hydrogens (tertiary/aromatic N) is 3. The van der Waals surface area contributed by atoms with Crippen molar-refractivity contribution in [1.82, 2.24) is 15.0 Å². The lowest BCUT2D eigenvalue weighted by atomic mass is 9.84. The molecule has 1 aliphatic rings. The number of benzene rings is 2. The van der Waals surface area contributed by atoms with Gasteiger partial charge in [-0.25, -0.2) is 9.97 Å². The van der Waals surface area contributed by atoms with Crippen molar-refractivity contribution < 1.29 is 9.59 Å². The van der Waals surface area contributed by atoms with Crippen LogP contribution in [-0.2, 0) is 0 Å². The minimum Gasteiger partial charge on any atom is -0.289 e. The highest BCUT2D eigenvalue weighted by atomic mass is 35.5. The fraction of sp³-hybridized carbons (Fsp3) is 0. The molecule has 0 spiro atoms. The highest BCUT2D eigenvalue weighted by Gasteiger charge is 2.28. The van der Waals surface area contributed by atoms with Gasteiger partial charge in [0.15, 0.2) is 11.6 Å². The third kappa shape index (κ3) is 3.18. The summed E-state index contributed by atoms with van der Waals surface area (Å²) in [7, 11) is 0. The van der Waals surface area contributed by atoms with Crippen molar-refractivity contribution in [1.29, 1.82) is 0 Å². The molecule has 5 nitrogen and oxygen atoms in total. The third-order valence-corrected chi connectivity index (χ3v) is 3.71. The minimum atomic E-state index is -0.0641. The largest absolute Gasteiger partial charge is 0.289 e. The molecule has 0 unspecified atom stereocenters. The number of aromatic nitrogens is 3. The molecule has 0 N–H and O–H groups in total. The quantitative estimate of drug-likeness (QED) is 0.480. The second kappa shape index (κ2) is 6.86. The summed E-state index contributed by atoms with van der Waals surface area (Å²) < 4.78 is 0. The lowest BCUT2D eigenvalue weighted by Crippen LogP contribution is -2.20. The first-order valence-corrected chi connectivity index (χ1v) is 7.61. The molecule has 2 aromatic carbocycles. The van der Waals surface area contributed by atoms with Gasteiger partial charge in [-0.2, -0.15) is 4.98 Å². The Morgan fingerprint density at radius 2 is 0.958 bits per heavy atom. The molecule has 0 aliphatic heterocycles. The van der Waals surface area contributed by atoms with E-state index in [2.05, 4.69) is 15.0 Å². The second-order valence-electron chi connectivity index (χ2n) is 4.77. The standard InChI is InChI=1S/C14H8O2.C3HCl2N3/c15-13-9-5-1-2-6-10(9)14(16)12-8-4-3-7-11(12)13;4-2-6-1-7-3(5)8-2/h1-8H;1H. The molecule has 1 aromatic heterocycles. The van der Waals surface area contributed by atoms with Crippen LogP contribution in [0.1, 0.15) is 31.8 Å². The number of rotatable bonds is 0. The van der Waals surface area contributed by atoms with Crippen LogP contribution in [-0.4, -0.2) is 26.5 Å². The van der Waals surface area contributed by atoms with E-state index in [9.17, 15) is 9.59 Å². The third-order valence-electron chi connectivity index (χ3n) is 3.35. The zero-order chi connectivity index (χ0) is 17.1. The van der Waals surface area contributed by atoms with E-state index in [1.165, 1.54) is 6.33 Å². The van der Waals surface area contributed by atoms with Crippen molar-refractivity contribution in [2.45, 2.75) is 0 Å². The highest BCUT2D eigenvalue weighted by Crippen LogP contribution is 2.26. The van der Waals surface area contributed by atoms with Crippen LogP contribution >= 0.6 is 23.2 Å². The molecule has 0 bridgehead atoms. The maximum Gasteiger partial charge on any atom is 0.226 e. The summed E-state index contributed by atoms with van der Waals surface area (Å²) in [4.78, 5) is 34.7. The van der Waals surface area contributed by atoms with Crippen molar-refractivity contribution >= 4 is 34.8 Å². The monoisotopic (exact) mass is 357 g/mol. The fourth-order valence-electron chi connectivity index (χ4n) is 2.31.